The first kappa shape index (κ1) is 22.1. The summed E-state index contributed by atoms with van der Waals surface area (Å²) < 4.78 is 0.128. The fourth-order valence-electron chi connectivity index (χ4n) is 4.54. The number of likely N-dealkylation sites (tertiary alicyclic amines) is 2. The van der Waals surface area contributed by atoms with Crippen LogP contribution in [0, 0.1) is 0 Å². The summed E-state index contributed by atoms with van der Waals surface area (Å²) in [6, 6.07) is 0. The predicted octanol–water partition coefficient (Wildman–Crippen LogP) is 4.36. The van der Waals surface area contributed by atoms with Gasteiger partial charge in [-0.25, -0.2) is 0 Å². The Morgan fingerprint density at radius 3 is 2.48 bits per heavy atom. The highest BCUT2D eigenvalue weighted by atomic mass is 32.2. The highest BCUT2D eigenvalue weighted by molar-refractivity contribution is 8.18. The lowest BCUT2D eigenvalue weighted by molar-refractivity contribution is 0.204. The Hall–Kier alpha value is 0.410. The van der Waals surface area contributed by atoms with Gasteiger partial charge in [0.15, 0.2) is 0 Å². The molecule has 6 heteroatoms. The van der Waals surface area contributed by atoms with Gasteiger partial charge in [0, 0.05) is 41.9 Å². The van der Waals surface area contributed by atoms with Crippen molar-refractivity contribution in [2.75, 3.05) is 45.8 Å². The number of nitrogens with one attached hydrogen (secondary N) is 1. The lowest BCUT2D eigenvalue weighted by Gasteiger charge is -2.51. The molecule has 0 aromatic rings. The molecule has 0 aromatic carbocycles. The van der Waals surface area contributed by atoms with Crippen LogP contribution in [-0.4, -0.2) is 75.6 Å². The molecule has 0 aliphatic carbocycles. The second-order valence-electron chi connectivity index (χ2n) is 8.06. The first-order valence-electron chi connectivity index (χ1n) is 10.6. The van der Waals surface area contributed by atoms with Crippen LogP contribution in [0.4, 0.5) is 0 Å². The zero-order valence-electron chi connectivity index (χ0n) is 16.6. The van der Waals surface area contributed by atoms with E-state index in [4.69, 9.17) is 12.6 Å². The van der Waals surface area contributed by atoms with E-state index < -0.39 is 0 Å². The minimum absolute atomic E-state index is 0.128. The summed E-state index contributed by atoms with van der Waals surface area (Å²) in [6.07, 6.45) is 11.6. The molecule has 27 heavy (non-hydrogen) atoms. The summed E-state index contributed by atoms with van der Waals surface area (Å²) in [7, 11) is 0. The zero-order valence-corrected chi connectivity index (χ0v) is 19.1. The molecule has 3 fully saturated rings. The van der Waals surface area contributed by atoms with Crippen LogP contribution in [-0.2, 0) is 0 Å². The molecule has 3 saturated heterocycles. The van der Waals surface area contributed by atoms with E-state index in [1.165, 1.54) is 38.8 Å². The normalized spacial score (nSPS) is 34.4. The van der Waals surface area contributed by atoms with Gasteiger partial charge in [-0.3, -0.25) is 9.80 Å². The number of hydrogen-bond acceptors (Lipinski definition) is 5. The average molecular weight is 427 g/mol. The fraction of sp³-hybridized carbons (Fsp3) is 0.810. The molecule has 153 valence electrons. The summed E-state index contributed by atoms with van der Waals surface area (Å²) in [5.41, 5.74) is 0. The Kier molecular flexibility index (Phi) is 8.99. The van der Waals surface area contributed by atoms with Crippen LogP contribution >= 0.6 is 36.2 Å². The van der Waals surface area contributed by atoms with Gasteiger partial charge in [0.25, 0.3) is 0 Å². The molecule has 3 rings (SSSR count). The molecule has 3 unspecified atom stereocenters. The van der Waals surface area contributed by atoms with Crippen LogP contribution < -0.4 is 5.32 Å². The monoisotopic (exact) mass is 426 g/mol. The van der Waals surface area contributed by atoms with E-state index in [1.807, 2.05) is 0 Å². The predicted molar refractivity (Wildman–Crippen MR) is 126 cm³/mol. The Bertz CT molecular complexity index is 483. The van der Waals surface area contributed by atoms with Crippen LogP contribution in [0.1, 0.15) is 38.5 Å². The van der Waals surface area contributed by atoms with Gasteiger partial charge in [-0.1, -0.05) is 24.8 Å². The largest absolute Gasteiger partial charge is 0.317 e. The molecule has 0 bridgehead atoms. The SMILES string of the molecule is C=CCN1CCCC(SC2(SC3CCNCC3)CC([S])CCN2CC=C)C1. The minimum atomic E-state index is 0.128. The molecule has 3 aliphatic heterocycles. The third-order valence-electron chi connectivity index (χ3n) is 5.88. The molecule has 3 nitrogen and oxygen atoms in total. The summed E-state index contributed by atoms with van der Waals surface area (Å²) in [5.74, 6) is 0. The molecular weight excluding hydrogens is 390 g/mol. The standard InChI is InChI=1S/C21H36N3S3/c1-3-12-23-14-5-6-20(17-23)27-21(26-19-7-10-22-11-8-19)16-18(25)9-15-24(21)13-4-2/h3-4,18-20,22H,1-2,5-17H2. The van der Waals surface area contributed by atoms with Crippen LogP contribution in [0.3, 0.4) is 0 Å². The molecule has 0 aromatic heterocycles. The highest BCUT2D eigenvalue weighted by Gasteiger charge is 2.46. The van der Waals surface area contributed by atoms with Gasteiger partial charge in [0.2, 0.25) is 0 Å². The molecule has 1 radical (unpaired) electrons. The molecule has 1 N–H and O–H groups in total. The molecule has 3 aliphatic rings. The minimum Gasteiger partial charge on any atom is -0.317 e. The Balaban J connectivity index is 1.76. The summed E-state index contributed by atoms with van der Waals surface area (Å²) >= 11 is 10.3. The van der Waals surface area contributed by atoms with Gasteiger partial charge in [0.1, 0.15) is 4.20 Å². The van der Waals surface area contributed by atoms with Gasteiger partial charge in [-0.15, -0.1) is 36.7 Å². The molecule has 0 amide bonds. The number of nitrogens with zero attached hydrogens (tertiary/aromatic N) is 2. The van der Waals surface area contributed by atoms with E-state index in [1.54, 1.807) is 0 Å². The first-order valence-corrected chi connectivity index (χ1v) is 12.8. The summed E-state index contributed by atoms with van der Waals surface area (Å²) in [5, 5.41) is 5.37. The van der Waals surface area contributed by atoms with E-state index in [0.29, 0.717) is 10.5 Å². The number of hydrogen-bond donors (Lipinski definition) is 1. The number of thioether (sulfide) groups is 2. The van der Waals surface area contributed by atoms with Gasteiger partial charge in [0.05, 0.1) is 0 Å². The number of rotatable bonds is 8. The zero-order chi connectivity index (χ0) is 19.1. The van der Waals surface area contributed by atoms with Crippen molar-refractivity contribution in [1.82, 2.24) is 15.1 Å². The van der Waals surface area contributed by atoms with Crippen LogP contribution in [0.5, 0.6) is 0 Å². The number of piperidine rings is 3. The second-order valence-corrected chi connectivity index (χ2v) is 12.1. The van der Waals surface area contributed by atoms with Crippen LogP contribution in [0.2, 0.25) is 0 Å². The van der Waals surface area contributed by atoms with Crippen molar-refractivity contribution >= 4 is 36.2 Å². The molecule has 0 saturated carbocycles. The van der Waals surface area contributed by atoms with E-state index >= 15 is 0 Å². The summed E-state index contributed by atoms with van der Waals surface area (Å²) in [4.78, 5) is 5.27. The van der Waals surface area contributed by atoms with Gasteiger partial charge in [-0.2, -0.15) is 0 Å². The van der Waals surface area contributed by atoms with E-state index in [-0.39, 0.29) is 4.20 Å². The van der Waals surface area contributed by atoms with E-state index in [2.05, 4.69) is 64.0 Å². The maximum Gasteiger partial charge on any atom is 0.116 e. The third kappa shape index (κ3) is 6.19. The van der Waals surface area contributed by atoms with Crippen molar-refractivity contribution in [3.05, 3.63) is 25.3 Å². The van der Waals surface area contributed by atoms with E-state index in [9.17, 15) is 0 Å². The van der Waals surface area contributed by atoms with Crippen LogP contribution in [0.25, 0.3) is 0 Å². The average Bonchev–Trinajstić information content (AvgIpc) is 2.65. The molecule has 3 heterocycles. The molecular formula is C21H36N3S3. The van der Waals surface area contributed by atoms with Gasteiger partial charge in [-0.05, 0) is 58.2 Å². The topological polar surface area (TPSA) is 18.5 Å². The van der Waals surface area contributed by atoms with Crippen molar-refractivity contribution < 1.29 is 0 Å². The Morgan fingerprint density at radius 1 is 1.00 bits per heavy atom. The van der Waals surface area contributed by atoms with Crippen molar-refractivity contribution in [3.8, 4) is 0 Å². The van der Waals surface area contributed by atoms with Crippen molar-refractivity contribution in [2.24, 2.45) is 0 Å². The van der Waals surface area contributed by atoms with Crippen molar-refractivity contribution in [3.63, 3.8) is 0 Å². The smallest absolute Gasteiger partial charge is 0.116 e. The second kappa shape index (κ2) is 11.0. The first-order chi connectivity index (χ1) is 13.1. The van der Waals surface area contributed by atoms with Gasteiger partial charge >= 0.3 is 0 Å². The maximum absolute atomic E-state index is 5.86. The lowest BCUT2D eigenvalue weighted by Crippen LogP contribution is -2.53. The Labute approximate surface area is 180 Å². The summed E-state index contributed by atoms with van der Waals surface area (Å²) in [6.45, 7) is 15.8. The third-order valence-corrected chi connectivity index (χ3v) is 9.96. The van der Waals surface area contributed by atoms with Crippen molar-refractivity contribution in [1.29, 1.82) is 0 Å². The Morgan fingerprint density at radius 2 is 1.74 bits per heavy atom. The van der Waals surface area contributed by atoms with Gasteiger partial charge < -0.3 is 5.32 Å². The van der Waals surface area contributed by atoms with Crippen molar-refractivity contribution in [2.45, 2.75) is 58.5 Å². The lowest BCUT2D eigenvalue weighted by atomic mass is 10.1. The molecule has 0 spiro atoms. The van der Waals surface area contributed by atoms with E-state index in [0.717, 1.165) is 50.8 Å². The maximum atomic E-state index is 5.86. The quantitative estimate of drug-likeness (QED) is 0.458. The van der Waals surface area contributed by atoms with Crippen LogP contribution in [0.15, 0.2) is 25.3 Å². The highest BCUT2D eigenvalue weighted by Crippen LogP contribution is 2.53. The molecule has 3 atom stereocenters. The fourth-order valence-corrected chi connectivity index (χ4v) is 9.44.